The van der Waals surface area contributed by atoms with Crippen LogP contribution in [0.3, 0.4) is 0 Å². The van der Waals surface area contributed by atoms with Crippen molar-refractivity contribution in [2.24, 2.45) is 0 Å². The van der Waals surface area contributed by atoms with Crippen LogP contribution in [0.25, 0.3) is 10.8 Å². The van der Waals surface area contributed by atoms with Gasteiger partial charge in [0.05, 0.1) is 21.5 Å². The van der Waals surface area contributed by atoms with Gasteiger partial charge in [-0.3, -0.25) is 4.79 Å². The topological polar surface area (TPSA) is 77.1 Å². The van der Waals surface area contributed by atoms with Crippen molar-refractivity contribution < 1.29 is 9.21 Å². The van der Waals surface area contributed by atoms with Crippen LogP contribution in [0.2, 0.25) is 10.0 Å². The Morgan fingerprint density at radius 1 is 1.29 bits per heavy atom. The van der Waals surface area contributed by atoms with Crippen LogP contribution in [-0.4, -0.2) is 15.7 Å². The van der Waals surface area contributed by atoms with Crippen molar-refractivity contribution in [3.63, 3.8) is 0 Å². The molecule has 1 N–H and O–H groups in total. The number of aryl methyl sites for hydroxylation is 1. The van der Waals surface area contributed by atoms with Crippen molar-refractivity contribution >= 4 is 46.1 Å². The van der Waals surface area contributed by atoms with E-state index in [1.807, 2.05) is 11.4 Å². The number of halogens is 2. The molecular weight excluding hydrogens is 373 g/mol. The maximum absolute atomic E-state index is 12.0. The van der Waals surface area contributed by atoms with Gasteiger partial charge in [0, 0.05) is 12.1 Å². The molecule has 0 aliphatic rings. The second kappa shape index (κ2) is 7.21. The Hall–Kier alpha value is -2.09. The van der Waals surface area contributed by atoms with E-state index in [4.69, 9.17) is 27.6 Å². The van der Waals surface area contributed by atoms with E-state index in [9.17, 15) is 9.59 Å². The van der Waals surface area contributed by atoms with Crippen molar-refractivity contribution in [1.82, 2.24) is 9.78 Å². The van der Waals surface area contributed by atoms with Crippen molar-refractivity contribution in [3.8, 4) is 10.8 Å². The van der Waals surface area contributed by atoms with Crippen molar-refractivity contribution in [1.29, 1.82) is 0 Å². The monoisotopic (exact) mass is 383 g/mol. The van der Waals surface area contributed by atoms with Crippen LogP contribution in [-0.2, 0) is 11.3 Å². The third kappa shape index (κ3) is 3.87. The molecule has 0 unspecified atom stereocenters. The molecule has 9 heteroatoms. The van der Waals surface area contributed by atoms with Crippen LogP contribution in [0.1, 0.15) is 6.42 Å². The Balaban J connectivity index is 1.62. The number of carbonyl (C=O) groups excluding carboxylic acids is 1. The molecule has 0 saturated heterocycles. The highest BCUT2D eigenvalue weighted by atomic mass is 35.5. The van der Waals surface area contributed by atoms with Gasteiger partial charge in [0.25, 0.3) is 5.89 Å². The fourth-order valence-corrected chi connectivity index (χ4v) is 2.89. The summed E-state index contributed by atoms with van der Waals surface area (Å²) in [6, 6.07) is 8.43. The van der Waals surface area contributed by atoms with Crippen LogP contribution in [0, 0.1) is 0 Å². The first-order chi connectivity index (χ1) is 11.5. The van der Waals surface area contributed by atoms with Gasteiger partial charge in [-0.25, -0.2) is 4.79 Å². The number of thiophene rings is 1. The largest absolute Gasteiger partial charge is 0.437 e. The zero-order valence-electron chi connectivity index (χ0n) is 12.2. The van der Waals surface area contributed by atoms with Crippen molar-refractivity contribution in [3.05, 3.63) is 56.3 Å². The molecule has 0 aliphatic heterocycles. The van der Waals surface area contributed by atoms with Crippen molar-refractivity contribution in [2.75, 3.05) is 5.32 Å². The molecule has 2 aromatic heterocycles. The molecule has 0 spiro atoms. The van der Waals surface area contributed by atoms with Gasteiger partial charge in [0.1, 0.15) is 0 Å². The minimum atomic E-state index is -0.597. The van der Waals surface area contributed by atoms with Crippen LogP contribution in [0.15, 0.2) is 44.9 Å². The molecule has 1 aromatic carbocycles. The zero-order chi connectivity index (χ0) is 17.1. The van der Waals surface area contributed by atoms with Gasteiger partial charge in [-0.05, 0) is 29.6 Å². The van der Waals surface area contributed by atoms with E-state index in [1.54, 1.807) is 24.3 Å². The summed E-state index contributed by atoms with van der Waals surface area (Å²) in [6.45, 7) is 0.112. The van der Waals surface area contributed by atoms with E-state index >= 15 is 0 Å². The molecule has 0 radical (unpaired) electrons. The summed E-state index contributed by atoms with van der Waals surface area (Å²) in [6.07, 6.45) is 0.0660. The highest BCUT2D eigenvalue weighted by Gasteiger charge is 2.12. The number of aromatic nitrogens is 2. The smallest absolute Gasteiger partial charge is 0.387 e. The van der Waals surface area contributed by atoms with Crippen LogP contribution in [0.5, 0.6) is 0 Å². The van der Waals surface area contributed by atoms with E-state index in [0.29, 0.717) is 15.7 Å². The predicted octanol–water partition coefficient (Wildman–Crippen LogP) is 3.90. The van der Waals surface area contributed by atoms with E-state index in [2.05, 4.69) is 10.4 Å². The first-order valence-electron chi connectivity index (χ1n) is 6.89. The normalized spacial score (nSPS) is 10.8. The number of amides is 1. The fourth-order valence-electron chi connectivity index (χ4n) is 1.95. The van der Waals surface area contributed by atoms with Crippen molar-refractivity contribution in [2.45, 2.75) is 13.0 Å². The SMILES string of the molecule is O=C(CCn1nc(-c2cccs2)oc1=O)Nc1ccc(Cl)c(Cl)c1. The molecular formula is C15H11Cl2N3O3S. The summed E-state index contributed by atoms with van der Waals surface area (Å²) in [7, 11) is 0. The molecule has 1 amide bonds. The summed E-state index contributed by atoms with van der Waals surface area (Å²) < 4.78 is 6.21. The Bertz CT molecular complexity index is 918. The maximum atomic E-state index is 12.0. The maximum Gasteiger partial charge on any atom is 0.437 e. The van der Waals surface area contributed by atoms with Crippen LogP contribution >= 0.6 is 34.5 Å². The lowest BCUT2D eigenvalue weighted by atomic mass is 10.3. The molecule has 0 aliphatic carbocycles. The summed E-state index contributed by atoms with van der Waals surface area (Å²) >= 11 is 13.1. The van der Waals surface area contributed by atoms with Gasteiger partial charge in [-0.15, -0.1) is 16.4 Å². The van der Waals surface area contributed by atoms with Crippen LogP contribution < -0.4 is 11.1 Å². The molecule has 0 atom stereocenters. The first kappa shape index (κ1) is 16.8. The Labute approximate surface area is 150 Å². The minimum Gasteiger partial charge on any atom is -0.387 e. The number of anilines is 1. The van der Waals surface area contributed by atoms with Gasteiger partial charge < -0.3 is 9.73 Å². The minimum absolute atomic E-state index is 0.0660. The third-order valence-corrected chi connectivity index (χ3v) is 4.69. The van der Waals surface area contributed by atoms with Gasteiger partial charge in [0.15, 0.2) is 0 Å². The van der Waals surface area contributed by atoms with E-state index < -0.39 is 5.76 Å². The van der Waals surface area contributed by atoms with E-state index in [-0.39, 0.29) is 24.8 Å². The number of nitrogens with one attached hydrogen (secondary N) is 1. The summed E-state index contributed by atoms with van der Waals surface area (Å²) in [5.41, 5.74) is 0.529. The van der Waals surface area contributed by atoms with Gasteiger partial charge in [-0.2, -0.15) is 4.68 Å². The number of hydrogen-bond acceptors (Lipinski definition) is 5. The molecule has 3 aromatic rings. The number of carbonyl (C=O) groups is 1. The first-order valence-corrected chi connectivity index (χ1v) is 8.53. The average molecular weight is 384 g/mol. The average Bonchev–Trinajstić information content (AvgIpc) is 3.18. The van der Waals surface area contributed by atoms with Gasteiger partial charge in [0.2, 0.25) is 5.91 Å². The third-order valence-electron chi connectivity index (χ3n) is 3.09. The molecule has 24 heavy (non-hydrogen) atoms. The molecule has 0 fully saturated rings. The lowest BCUT2D eigenvalue weighted by molar-refractivity contribution is -0.116. The standard InChI is InChI=1S/C15H11Cl2N3O3S/c16-10-4-3-9(8-11(10)17)18-13(21)5-6-20-15(22)23-14(19-20)12-2-1-7-24-12/h1-4,7-8H,5-6H2,(H,18,21). The van der Waals surface area contributed by atoms with Gasteiger partial charge >= 0.3 is 5.76 Å². The second-order valence-corrected chi connectivity index (χ2v) is 6.56. The Morgan fingerprint density at radius 3 is 2.83 bits per heavy atom. The summed E-state index contributed by atoms with van der Waals surface area (Å²) in [4.78, 5) is 24.5. The molecule has 124 valence electrons. The summed E-state index contributed by atoms with van der Waals surface area (Å²) in [5, 5.41) is 9.38. The highest BCUT2D eigenvalue weighted by molar-refractivity contribution is 7.13. The number of hydrogen-bond donors (Lipinski definition) is 1. The Morgan fingerprint density at radius 2 is 2.12 bits per heavy atom. The number of rotatable bonds is 5. The quantitative estimate of drug-likeness (QED) is 0.724. The highest BCUT2D eigenvalue weighted by Crippen LogP contribution is 2.25. The molecule has 6 nitrogen and oxygen atoms in total. The van der Waals surface area contributed by atoms with Crippen LogP contribution in [0.4, 0.5) is 5.69 Å². The zero-order valence-corrected chi connectivity index (χ0v) is 14.5. The molecule has 2 heterocycles. The number of benzene rings is 1. The lowest BCUT2D eigenvalue weighted by Crippen LogP contribution is -2.20. The summed E-state index contributed by atoms with van der Waals surface area (Å²) in [5.74, 6) is -0.624. The molecule has 0 saturated carbocycles. The van der Waals surface area contributed by atoms with E-state index in [1.165, 1.54) is 11.3 Å². The number of nitrogens with zero attached hydrogens (tertiary/aromatic N) is 2. The van der Waals surface area contributed by atoms with E-state index in [0.717, 1.165) is 9.56 Å². The fraction of sp³-hybridized carbons (Fsp3) is 0.133. The lowest BCUT2D eigenvalue weighted by Gasteiger charge is -2.05. The van der Waals surface area contributed by atoms with Gasteiger partial charge in [-0.1, -0.05) is 29.3 Å². The Kier molecular flexibility index (Phi) is 5.03. The predicted molar refractivity (Wildman–Crippen MR) is 93.8 cm³/mol. The second-order valence-electron chi connectivity index (χ2n) is 4.80. The molecule has 0 bridgehead atoms. The molecule has 3 rings (SSSR count).